The zero-order valence-electron chi connectivity index (χ0n) is 12.4. The van der Waals surface area contributed by atoms with Crippen molar-refractivity contribution < 1.29 is 12.8 Å². The Morgan fingerprint density at radius 2 is 2.14 bits per heavy atom. The highest BCUT2D eigenvalue weighted by Crippen LogP contribution is 2.17. The maximum Gasteiger partial charge on any atom is 0.211 e. The van der Waals surface area contributed by atoms with E-state index in [9.17, 15) is 12.8 Å². The normalized spacial score (nSPS) is 20.6. The second-order valence-corrected chi connectivity index (χ2v) is 7.66. The van der Waals surface area contributed by atoms with Crippen LogP contribution in [0.2, 0.25) is 0 Å². The number of sulfonamides is 1. The van der Waals surface area contributed by atoms with Crippen molar-refractivity contribution in [3.63, 3.8) is 0 Å². The second-order valence-electron chi connectivity index (χ2n) is 5.67. The number of hydrogen-bond donors (Lipinski definition) is 1. The van der Waals surface area contributed by atoms with Crippen LogP contribution in [0.25, 0.3) is 0 Å². The Labute approximate surface area is 126 Å². The van der Waals surface area contributed by atoms with Gasteiger partial charge in [0.15, 0.2) is 0 Å². The first-order valence-electron chi connectivity index (χ1n) is 7.36. The molecule has 0 amide bonds. The van der Waals surface area contributed by atoms with Crippen LogP contribution >= 0.6 is 0 Å². The molecule has 2 rings (SSSR count). The highest BCUT2D eigenvalue weighted by molar-refractivity contribution is 7.88. The molecule has 1 aliphatic heterocycles. The quantitative estimate of drug-likeness (QED) is 0.812. The Morgan fingerprint density at radius 3 is 2.86 bits per heavy atom. The average molecular weight is 314 g/mol. The molecule has 0 bridgehead atoms. The van der Waals surface area contributed by atoms with Crippen LogP contribution in [-0.4, -0.2) is 45.2 Å². The summed E-state index contributed by atoms with van der Waals surface area (Å²) in [7, 11) is -3.08. The molecular weight excluding hydrogens is 291 g/mol. The summed E-state index contributed by atoms with van der Waals surface area (Å²) >= 11 is 0. The summed E-state index contributed by atoms with van der Waals surface area (Å²) in [6.07, 6.45) is 3.86. The van der Waals surface area contributed by atoms with Gasteiger partial charge in [-0.05, 0) is 49.9 Å². The van der Waals surface area contributed by atoms with Crippen LogP contribution in [0, 0.1) is 11.7 Å². The highest BCUT2D eigenvalue weighted by atomic mass is 32.2. The smallest absolute Gasteiger partial charge is 0.211 e. The van der Waals surface area contributed by atoms with Crippen LogP contribution in [0.5, 0.6) is 0 Å². The summed E-state index contributed by atoms with van der Waals surface area (Å²) in [5.74, 6) is 0.175. The van der Waals surface area contributed by atoms with Crippen LogP contribution in [0.3, 0.4) is 0 Å². The number of rotatable bonds is 6. The molecule has 1 aromatic rings. The van der Waals surface area contributed by atoms with Crippen molar-refractivity contribution in [1.29, 1.82) is 0 Å². The number of piperidine rings is 1. The fourth-order valence-electron chi connectivity index (χ4n) is 2.73. The molecule has 0 aliphatic carbocycles. The lowest BCUT2D eigenvalue weighted by molar-refractivity contribution is 0.262. The molecule has 118 valence electrons. The minimum absolute atomic E-state index is 0.166. The van der Waals surface area contributed by atoms with Gasteiger partial charge >= 0.3 is 0 Å². The Kier molecular flexibility index (Phi) is 5.72. The van der Waals surface area contributed by atoms with E-state index in [1.165, 1.54) is 12.3 Å². The summed E-state index contributed by atoms with van der Waals surface area (Å²) in [5.41, 5.74) is 0.714. The molecule has 1 fully saturated rings. The van der Waals surface area contributed by atoms with Crippen molar-refractivity contribution in [3.05, 3.63) is 35.6 Å². The van der Waals surface area contributed by atoms with Gasteiger partial charge in [0.05, 0.1) is 6.26 Å². The van der Waals surface area contributed by atoms with E-state index >= 15 is 0 Å². The summed E-state index contributed by atoms with van der Waals surface area (Å²) in [4.78, 5) is 0. The zero-order chi connectivity index (χ0) is 15.3. The van der Waals surface area contributed by atoms with Crippen molar-refractivity contribution in [1.82, 2.24) is 9.62 Å². The van der Waals surface area contributed by atoms with Gasteiger partial charge in [-0.25, -0.2) is 17.1 Å². The lowest BCUT2D eigenvalue weighted by Gasteiger charge is -2.31. The lowest BCUT2D eigenvalue weighted by atomic mass is 9.99. The Bertz CT molecular complexity index is 563. The monoisotopic (exact) mass is 314 g/mol. The van der Waals surface area contributed by atoms with Crippen LogP contribution in [0.4, 0.5) is 4.39 Å². The Morgan fingerprint density at radius 1 is 1.38 bits per heavy atom. The van der Waals surface area contributed by atoms with E-state index in [4.69, 9.17) is 0 Å². The van der Waals surface area contributed by atoms with Crippen LogP contribution in [0.15, 0.2) is 24.3 Å². The van der Waals surface area contributed by atoms with Gasteiger partial charge in [0.1, 0.15) is 5.82 Å². The minimum atomic E-state index is -3.08. The second kappa shape index (κ2) is 7.33. The van der Waals surface area contributed by atoms with E-state index in [0.717, 1.165) is 19.4 Å². The maximum absolute atomic E-state index is 13.5. The number of halogens is 1. The van der Waals surface area contributed by atoms with Crippen LogP contribution in [-0.2, 0) is 16.4 Å². The molecule has 0 radical (unpaired) electrons. The van der Waals surface area contributed by atoms with E-state index in [0.29, 0.717) is 37.5 Å². The number of hydrogen-bond acceptors (Lipinski definition) is 3. The van der Waals surface area contributed by atoms with Crippen LogP contribution in [0.1, 0.15) is 18.4 Å². The van der Waals surface area contributed by atoms with Gasteiger partial charge in [-0.2, -0.15) is 0 Å². The van der Waals surface area contributed by atoms with E-state index in [2.05, 4.69) is 5.32 Å². The first-order chi connectivity index (χ1) is 9.97. The fraction of sp³-hybridized carbons (Fsp3) is 0.600. The van der Waals surface area contributed by atoms with Gasteiger partial charge in [0, 0.05) is 13.1 Å². The molecular formula is C15H23FN2O2S. The average Bonchev–Trinajstić information content (AvgIpc) is 2.45. The summed E-state index contributed by atoms with van der Waals surface area (Å²) in [5, 5.41) is 3.31. The third-order valence-corrected chi connectivity index (χ3v) is 5.18. The number of nitrogens with one attached hydrogen (secondary N) is 1. The first-order valence-corrected chi connectivity index (χ1v) is 9.21. The van der Waals surface area contributed by atoms with Gasteiger partial charge in [0.25, 0.3) is 0 Å². The van der Waals surface area contributed by atoms with Crippen molar-refractivity contribution >= 4 is 10.0 Å². The van der Waals surface area contributed by atoms with Crippen molar-refractivity contribution in [2.75, 3.05) is 32.4 Å². The van der Waals surface area contributed by atoms with E-state index < -0.39 is 10.0 Å². The molecule has 1 N–H and O–H groups in total. The number of nitrogens with zero attached hydrogens (tertiary/aromatic N) is 1. The molecule has 0 spiro atoms. The molecule has 1 aromatic carbocycles. The van der Waals surface area contributed by atoms with Crippen molar-refractivity contribution in [3.8, 4) is 0 Å². The third kappa shape index (κ3) is 5.05. The predicted molar refractivity (Wildman–Crippen MR) is 82.1 cm³/mol. The summed E-state index contributed by atoms with van der Waals surface area (Å²) < 4.78 is 38.1. The molecule has 0 aromatic heterocycles. The topological polar surface area (TPSA) is 49.4 Å². The minimum Gasteiger partial charge on any atom is -0.316 e. The maximum atomic E-state index is 13.5. The van der Waals surface area contributed by atoms with Gasteiger partial charge in [-0.3, -0.25) is 0 Å². The summed E-state index contributed by atoms with van der Waals surface area (Å²) in [6.45, 7) is 2.70. The zero-order valence-corrected chi connectivity index (χ0v) is 13.2. The standard InChI is InChI=1S/C15H23FN2O2S/c1-21(19,20)18-10-4-5-13(12-18)11-17-9-8-14-6-2-3-7-15(14)16/h2-3,6-7,13,17H,4-5,8-12H2,1H3. The Balaban J connectivity index is 1.73. The van der Waals surface area contributed by atoms with Crippen molar-refractivity contribution in [2.24, 2.45) is 5.92 Å². The molecule has 1 unspecified atom stereocenters. The fourth-order valence-corrected chi connectivity index (χ4v) is 3.67. The van der Waals surface area contributed by atoms with E-state index in [-0.39, 0.29) is 5.82 Å². The molecule has 4 nitrogen and oxygen atoms in total. The Hall–Kier alpha value is -0.980. The van der Waals surface area contributed by atoms with Crippen molar-refractivity contribution in [2.45, 2.75) is 19.3 Å². The predicted octanol–water partition coefficient (Wildman–Crippen LogP) is 1.63. The highest BCUT2D eigenvalue weighted by Gasteiger charge is 2.25. The largest absolute Gasteiger partial charge is 0.316 e. The molecule has 0 saturated carbocycles. The van der Waals surface area contributed by atoms with Crippen LogP contribution < -0.4 is 5.32 Å². The molecule has 1 aliphatic rings. The molecule has 1 atom stereocenters. The van der Waals surface area contributed by atoms with Gasteiger partial charge in [-0.1, -0.05) is 18.2 Å². The van der Waals surface area contributed by atoms with E-state index in [1.807, 2.05) is 6.07 Å². The first kappa shape index (κ1) is 16.4. The lowest BCUT2D eigenvalue weighted by Crippen LogP contribution is -2.42. The number of benzene rings is 1. The SMILES string of the molecule is CS(=O)(=O)N1CCCC(CNCCc2ccccc2F)C1. The third-order valence-electron chi connectivity index (χ3n) is 3.91. The molecule has 1 heterocycles. The summed E-state index contributed by atoms with van der Waals surface area (Å²) in [6, 6.07) is 6.79. The van der Waals surface area contributed by atoms with Gasteiger partial charge < -0.3 is 5.32 Å². The van der Waals surface area contributed by atoms with Gasteiger partial charge in [0.2, 0.25) is 10.0 Å². The molecule has 6 heteroatoms. The van der Waals surface area contributed by atoms with E-state index in [1.54, 1.807) is 16.4 Å². The molecule has 1 saturated heterocycles. The molecule has 21 heavy (non-hydrogen) atoms. The van der Waals surface area contributed by atoms with Gasteiger partial charge in [-0.15, -0.1) is 0 Å².